The predicted octanol–water partition coefficient (Wildman–Crippen LogP) is -0.665. The second-order valence-corrected chi connectivity index (χ2v) is 4.53. The molecule has 1 heterocycles. The molecule has 1 saturated heterocycles. The normalized spacial score (nSPS) is 20.6. The van der Waals surface area contributed by atoms with Crippen molar-refractivity contribution in [2.75, 3.05) is 32.7 Å². The van der Waals surface area contributed by atoms with Crippen LogP contribution >= 0.6 is 0 Å². The van der Waals surface area contributed by atoms with Crippen molar-refractivity contribution in [3.8, 4) is 0 Å². The molecule has 90 valence electrons. The van der Waals surface area contributed by atoms with Crippen molar-refractivity contribution >= 4 is 11.8 Å². The first kappa shape index (κ1) is 11.4. The van der Waals surface area contributed by atoms with E-state index in [1.165, 1.54) is 12.8 Å². The SMILES string of the molecule is O=C(NCCC1CC1)C(=O)N1CCNCC1. The number of hydrogen-bond acceptors (Lipinski definition) is 3. The summed E-state index contributed by atoms with van der Waals surface area (Å²) >= 11 is 0. The van der Waals surface area contributed by atoms with Crippen LogP contribution in [0.4, 0.5) is 0 Å². The zero-order valence-corrected chi connectivity index (χ0v) is 9.50. The molecule has 1 aliphatic heterocycles. The minimum Gasteiger partial charge on any atom is -0.348 e. The first-order valence-corrected chi connectivity index (χ1v) is 6.05. The highest BCUT2D eigenvalue weighted by atomic mass is 16.2. The summed E-state index contributed by atoms with van der Waals surface area (Å²) in [7, 11) is 0. The molecule has 0 spiro atoms. The van der Waals surface area contributed by atoms with E-state index >= 15 is 0 Å². The maximum absolute atomic E-state index is 11.7. The van der Waals surface area contributed by atoms with Gasteiger partial charge >= 0.3 is 11.8 Å². The van der Waals surface area contributed by atoms with Crippen LogP contribution in [-0.4, -0.2) is 49.4 Å². The number of nitrogens with zero attached hydrogens (tertiary/aromatic N) is 1. The maximum atomic E-state index is 11.7. The number of carbonyl (C=O) groups excluding carboxylic acids is 2. The molecule has 1 aliphatic carbocycles. The smallest absolute Gasteiger partial charge is 0.311 e. The molecule has 0 aromatic rings. The topological polar surface area (TPSA) is 61.4 Å². The zero-order chi connectivity index (χ0) is 11.4. The van der Waals surface area contributed by atoms with Crippen LogP contribution in [0.1, 0.15) is 19.3 Å². The Bertz CT molecular complexity index is 270. The van der Waals surface area contributed by atoms with Gasteiger partial charge in [-0.1, -0.05) is 12.8 Å². The summed E-state index contributed by atoms with van der Waals surface area (Å²) in [6.07, 6.45) is 3.57. The highest BCUT2D eigenvalue weighted by Gasteiger charge is 2.24. The van der Waals surface area contributed by atoms with E-state index in [0.29, 0.717) is 19.6 Å². The zero-order valence-electron chi connectivity index (χ0n) is 9.50. The van der Waals surface area contributed by atoms with Crippen LogP contribution in [0.25, 0.3) is 0 Å². The number of carbonyl (C=O) groups is 2. The van der Waals surface area contributed by atoms with E-state index in [9.17, 15) is 9.59 Å². The minimum atomic E-state index is -0.442. The van der Waals surface area contributed by atoms with E-state index in [-0.39, 0.29) is 5.91 Å². The Morgan fingerprint density at radius 3 is 2.56 bits per heavy atom. The van der Waals surface area contributed by atoms with Crippen molar-refractivity contribution in [2.24, 2.45) is 5.92 Å². The molecule has 5 nitrogen and oxygen atoms in total. The van der Waals surface area contributed by atoms with Crippen LogP contribution in [0.3, 0.4) is 0 Å². The van der Waals surface area contributed by atoms with E-state index in [1.54, 1.807) is 4.90 Å². The van der Waals surface area contributed by atoms with E-state index in [4.69, 9.17) is 0 Å². The van der Waals surface area contributed by atoms with Crippen molar-refractivity contribution < 1.29 is 9.59 Å². The molecule has 0 atom stereocenters. The summed E-state index contributed by atoms with van der Waals surface area (Å²) < 4.78 is 0. The van der Waals surface area contributed by atoms with Crippen LogP contribution in [-0.2, 0) is 9.59 Å². The van der Waals surface area contributed by atoms with Gasteiger partial charge in [0.1, 0.15) is 0 Å². The Morgan fingerprint density at radius 2 is 1.94 bits per heavy atom. The molecule has 2 N–H and O–H groups in total. The lowest BCUT2D eigenvalue weighted by Crippen LogP contribution is -2.51. The van der Waals surface area contributed by atoms with E-state index < -0.39 is 5.91 Å². The molecule has 2 rings (SSSR count). The Balaban J connectivity index is 1.67. The van der Waals surface area contributed by atoms with Gasteiger partial charge in [0.2, 0.25) is 0 Å². The summed E-state index contributed by atoms with van der Waals surface area (Å²) in [4.78, 5) is 24.8. The summed E-state index contributed by atoms with van der Waals surface area (Å²) in [5.74, 6) is -0.0329. The second kappa shape index (κ2) is 5.30. The lowest BCUT2D eigenvalue weighted by molar-refractivity contribution is -0.146. The molecule has 0 radical (unpaired) electrons. The van der Waals surface area contributed by atoms with E-state index in [0.717, 1.165) is 25.4 Å². The number of nitrogens with one attached hydrogen (secondary N) is 2. The number of piperazine rings is 1. The van der Waals surface area contributed by atoms with Crippen molar-refractivity contribution in [1.29, 1.82) is 0 Å². The molecule has 1 saturated carbocycles. The third-order valence-electron chi connectivity index (χ3n) is 3.13. The predicted molar refractivity (Wildman–Crippen MR) is 59.8 cm³/mol. The van der Waals surface area contributed by atoms with Crippen LogP contribution < -0.4 is 10.6 Å². The standard InChI is InChI=1S/C11H19N3O2/c15-10(13-4-3-9-1-2-9)11(16)14-7-5-12-6-8-14/h9,12H,1-8H2,(H,13,15). The maximum Gasteiger partial charge on any atom is 0.311 e. The molecule has 0 aromatic carbocycles. The number of hydrogen-bond donors (Lipinski definition) is 2. The van der Waals surface area contributed by atoms with E-state index in [1.807, 2.05) is 0 Å². The van der Waals surface area contributed by atoms with Crippen molar-refractivity contribution in [3.05, 3.63) is 0 Å². The molecule has 2 fully saturated rings. The molecular formula is C11H19N3O2. The van der Waals surface area contributed by atoms with Gasteiger partial charge < -0.3 is 15.5 Å². The minimum absolute atomic E-state index is 0.378. The molecule has 16 heavy (non-hydrogen) atoms. The lowest BCUT2D eigenvalue weighted by Gasteiger charge is -2.26. The third kappa shape index (κ3) is 3.20. The third-order valence-corrected chi connectivity index (χ3v) is 3.13. The van der Waals surface area contributed by atoms with Gasteiger partial charge in [-0.15, -0.1) is 0 Å². The Morgan fingerprint density at radius 1 is 1.25 bits per heavy atom. The Labute approximate surface area is 95.6 Å². The van der Waals surface area contributed by atoms with Gasteiger partial charge in [0.15, 0.2) is 0 Å². The molecule has 0 bridgehead atoms. The van der Waals surface area contributed by atoms with Crippen LogP contribution in [0.15, 0.2) is 0 Å². The molecule has 0 aromatic heterocycles. The molecular weight excluding hydrogens is 206 g/mol. The number of amides is 2. The fraction of sp³-hybridized carbons (Fsp3) is 0.818. The lowest BCUT2D eigenvalue weighted by atomic mass is 10.3. The van der Waals surface area contributed by atoms with Gasteiger partial charge in [0, 0.05) is 32.7 Å². The van der Waals surface area contributed by atoms with Crippen molar-refractivity contribution in [2.45, 2.75) is 19.3 Å². The Hall–Kier alpha value is -1.10. The highest BCUT2D eigenvalue weighted by molar-refractivity contribution is 6.35. The summed E-state index contributed by atoms with van der Waals surface area (Å²) in [5, 5.41) is 5.85. The first-order valence-electron chi connectivity index (χ1n) is 6.05. The van der Waals surface area contributed by atoms with E-state index in [2.05, 4.69) is 10.6 Å². The summed E-state index contributed by atoms with van der Waals surface area (Å²) in [6, 6.07) is 0. The first-order chi connectivity index (χ1) is 7.77. The molecule has 2 aliphatic rings. The van der Waals surface area contributed by atoms with Crippen LogP contribution in [0.2, 0.25) is 0 Å². The van der Waals surface area contributed by atoms with Gasteiger partial charge in [-0.3, -0.25) is 9.59 Å². The van der Waals surface area contributed by atoms with Gasteiger partial charge in [0.25, 0.3) is 0 Å². The fourth-order valence-electron chi connectivity index (χ4n) is 1.88. The van der Waals surface area contributed by atoms with Gasteiger partial charge in [0.05, 0.1) is 0 Å². The van der Waals surface area contributed by atoms with Gasteiger partial charge in [-0.2, -0.15) is 0 Å². The van der Waals surface area contributed by atoms with Crippen molar-refractivity contribution in [3.63, 3.8) is 0 Å². The summed E-state index contributed by atoms with van der Waals surface area (Å²) in [6.45, 7) is 3.47. The fourth-order valence-corrected chi connectivity index (χ4v) is 1.88. The second-order valence-electron chi connectivity index (χ2n) is 4.53. The average Bonchev–Trinajstić information content (AvgIpc) is 3.13. The Kier molecular flexibility index (Phi) is 3.77. The molecule has 0 unspecified atom stereocenters. The average molecular weight is 225 g/mol. The van der Waals surface area contributed by atoms with Crippen molar-refractivity contribution in [1.82, 2.24) is 15.5 Å². The monoisotopic (exact) mass is 225 g/mol. The quantitative estimate of drug-likeness (QED) is 0.627. The highest BCUT2D eigenvalue weighted by Crippen LogP contribution is 2.31. The van der Waals surface area contributed by atoms with Gasteiger partial charge in [-0.05, 0) is 12.3 Å². The largest absolute Gasteiger partial charge is 0.348 e. The molecule has 5 heteroatoms. The van der Waals surface area contributed by atoms with Crippen LogP contribution in [0.5, 0.6) is 0 Å². The van der Waals surface area contributed by atoms with Gasteiger partial charge in [-0.25, -0.2) is 0 Å². The number of rotatable bonds is 3. The summed E-state index contributed by atoms with van der Waals surface area (Å²) in [5.41, 5.74) is 0. The molecule has 2 amide bonds. The van der Waals surface area contributed by atoms with Crippen LogP contribution in [0, 0.1) is 5.92 Å².